The fourth-order valence-electron chi connectivity index (χ4n) is 2.24. The van der Waals surface area contributed by atoms with Crippen LogP contribution in [0.5, 0.6) is 5.75 Å². The van der Waals surface area contributed by atoms with Crippen LogP contribution in [0.4, 0.5) is 5.69 Å². The van der Waals surface area contributed by atoms with E-state index in [2.05, 4.69) is 5.32 Å². The van der Waals surface area contributed by atoms with E-state index in [9.17, 15) is 18.0 Å². The van der Waals surface area contributed by atoms with E-state index in [1.807, 2.05) is 6.92 Å². The SMILES string of the molecule is CCOc1ccccc1NC(=O)COC(=O)c1cc(S(N)(=O)=O)ccc1C. The largest absolute Gasteiger partial charge is 0.492 e. The van der Waals surface area contributed by atoms with E-state index < -0.39 is 28.5 Å². The molecule has 0 aliphatic carbocycles. The maximum absolute atomic E-state index is 12.2. The van der Waals surface area contributed by atoms with E-state index in [1.165, 1.54) is 12.1 Å². The number of hydrogen-bond acceptors (Lipinski definition) is 6. The van der Waals surface area contributed by atoms with Gasteiger partial charge in [-0.15, -0.1) is 0 Å². The van der Waals surface area contributed by atoms with Crippen LogP contribution < -0.4 is 15.2 Å². The molecule has 0 heterocycles. The molecule has 0 fully saturated rings. The summed E-state index contributed by atoms with van der Waals surface area (Å²) < 4.78 is 33.2. The first kappa shape index (κ1) is 20.4. The molecule has 2 rings (SSSR count). The number of rotatable bonds is 7. The summed E-state index contributed by atoms with van der Waals surface area (Å²) in [7, 11) is -3.96. The maximum atomic E-state index is 12.2. The third kappa shape index (κ3) is 5.53. The zero-order valence-corrected chi connectivity index (χ0v) is 15.7. The second kappa shape index (κ2) is 8.65. The van der Waals surface area contributed by atoms with Gasteiger partial charge in [0.2, 0.25) is 10.0 Å². The van der Waals surface area contributed by atoms with Crippen LogP contribution in [0.3, 0.4) is 0 Å². The van der Waals surface area contributed by atoms with Crippen LogP contribution in [0.25, 0.3) is 0 Å². The van der Waals surface area contributed by atoms with Gasteiger partial charge in [-0.05, 0) is 43.7 Å². The van der Waals surface area contributed by atoms with Gasteiger partial charge in [-0.25, -0.2) is 18.4 Å². The zero-order chi connectivity index (χ0) is 20.0. The van der Waals surface area contributed by atoms with Gasteiger partial charge in [-0.3, -0.25) is 4.79 Å². The van der Waals surface area contributed by atoms with Crippen molar-refractivity contribution in [2.45, 2.75) is 18.7 Å². The molecule has 8 nitrogen and oxygen atoms in total. The van der Waals surface area contributed by atoms with Crippen LogP contribution in [0.15, 0.2) is 47.4 Å². The summed E-state index contributed by atoms with van der Waals surface area (Å²) in [4.78, 5) is 24.1. The van der Waals surface area contributed by atoms with E-state index >= 15 is 0 Å². The number of amides is 1. The minimum Gasteiger partial charge on any atom is -0.492 e. The number of primary sulfonamides is 1. The number of nitrogens with one attached hydrogen (secondary N) is 1. The lowest BCUT2D eigenvalue weighted by molar-refractivity contribution is -0.119. The molecule has 3 N–H and O–H groups in total. The Hall–Kier alpha value is -2.91. The number of nitrogens with two attached hydrogens (primary N) is 1. The van der Waals surface area contributed by atoms with E-state index in [1.54, 1.807) is 31.2 Å². The van der Waals surface area contributed by atoms with Gasteiger partial charge in [0.15, 0.2) is 6.61 Å². The van der Waals surface area contributed by atoms with E-state index in [4.69, 9.17) is 14.6 Å². The Morgan fingerprint density at radius 3 is 2.52 bits per heavy atom. The van der Waals surface area contributed by atoms with Crippen molar-refractivity contribution in [3.05, 3.63) is 53.6 Å². The van der Waals surface area contributed by atoms with Crippen LogP contribution in [-0.4, -0.2) is 33.5 Å². The Balaban J connectivity index is 2.05. The first-order chi connectivity index (χ1) is 12.7. The number of hydrogen-bond donors (Lipinski definition) is 2. The molecule has 9 heteroatoms. The average molecular weight is 392 g/mol. The number of para-hydroxylation sites is 2. The summed E-state index contributed by atoms with van der Waals surface area (Å²) in [6.07, 6.45) is 0. The molecule has 0 aliphatic heterocycles. The number of carbonyl (C=O) groups is 2. The number of carbonyl (C=O) groups excluding carboxylic acids is 2. The molecule has 0 spiro atoms. The van der Waals surface area contributed by atoms with Crippen molar-refractivity contribution < 1.29 is 27.5 Å². The summed E-state index contributed by atoms with van der Waals surface area (Å²) in [5, 5.41) is 7.66. The summed E-state index contributed by atoms with van der Waals surface area (Å²) in [5.41, 5.74) is 0.964. The number of anilines is 1. The minimum absolute atomic E-state index is 0.0176. The third-order valence-electron chi connectivity index (χ3n) is 3.55. The fourth-order valence-corrected chi connectivity index (χ4v) is 2.78. The lowest BCUT2D eigenvalue weighted by Gasteiger charge is -2.12. The molecule has 0 atom stereocenters. The van der Waals surface area contributed by atoms with Crippen LogP contribution in [0.2, 0.25) is 0 Å². The van der Waals surface area contributed by atoms with Gasteiger partial charge in [0.25, 0.3) is 5.91 Å². The highest BCUT2D eigenvalue weighted by Crippen LogP contribution is 2.23. The molecule has 1 amide bonds. The summed E-state index contributed by atoms with van der Waals surface area (Å²) in [6, 6.07) is 10.7. The first-order valence-electron chi connectivity index (χ1n) is 8.04. The molecule has 0 bridgehead atoms. The molecule has 0 unspecified atom stereocenters. The molecule has 0 aromatic heterocycles. The molecule has 2 aromatic carbocycles. The Morgan fingerprint density at radius 1 is 1.15 bits per heavy atom. The number of esters is 1. The van der Waals surface area contributed by atoms with Crippen molar-refractivity contribution in [2.75, 3.05) is 18.5 Å². The lowest BCUT2D eigenvalue weighted by atomic mass is 10.1. The smallest absolute Gasteiger partial charge is 0.338 e. The second-order valence-corrected chi connectivity index (χ2v) is 7.14. The molecule has 0 aliphatic rings. The van der Waals surface area contributed by atoms with Crippen molar-refractivity contribution in [1.29, 1.82) is 0 Å². The number of benzene rings is 2. The predicted molar refractivity (Wildman–Crippen MR) is 99.1 cm³/mol. The van der Waals surface area contributed by atoms with Gasteiger partial charge in [0.05, 0.1) is 22.8 Å². The molecule has 2 aromatic rings. The van der Waals surface area contributed by atoms with Crippen LogP contribution in [-0.2, 0) is 19.6 Å². The predicted octanol–water partition coefficient (Wildman–Crippen LogP) is 1.84. The normalized spacial score (nSPS) is 10.9. The molecular weight excluding hydrogens is 372 g/mol. The standard InChI is InChI=1S/C18H20N2O6S/c1-3-25-16-7-5-4-6-15(16)20-17(21)11-26-18(22)14-10-13(27(19,23)24)9-8-12(14)2/h4-10H,3,11H2,1-2H3,(H,20,21)(H2,19,23,24). The zero-order valence-electron chi connectivity index (χ0n) is 14.9. The molecule has 144 valence electrons. The van der Waals surface area contributed by atoms with Gasteiger partial charge in [-0.2, -0.15) is 0 Å². The van der Waals surface area contributed by atoms with Gasteiger partial charge in [0, 0.05) is 0 Å². The molecule has 27 heavy (non-hydrogen) atoms. The van der Waals surface area contributed by atoms with E-state index in [0.717, 1.165) is 6.07 Å². The highest BCUT2D eigenvalue weighted by molar-refractivity contribution is 7.89. The van der Waals surface area contributed by atoms with Crippen LogP contribution in [0.1, 0.15) is 22.8 Å². The van der Waals surface area contributed by atoms with E-state index in [0.29, 0.717) is 23.6 Å². The Kier molecular flexibility index (Phi) is 6.54. The van der Waals surface area contributed by atoms with Crippen molar-refractivity contribution in [2.24, 2.45) is 5.14 Å². The maximum Gasteiger partial charge on any atom is 0.338 e. The second-order valence-electron chi connectivity index (χ2n) is 5.58. The van der Waals surface area contributed by atoms with E-state index in [-0.39, 0.29) is 10.5 Å². The summed E-state index contributed by atoms with van der Waals surface area (Å²) in [5.74, 6) is -0.890. The van der Waals surface area contributed by atoms with Crippen molar-refractivity contribution >= 4 is 27.6 Å². The fraction of sp³-hybridized carbons (Fsp3) is 0.222. The van der Waals surface area contributed by atoms with Gasteiger partial charge >= 0.3 is 5.97 Å². The first-order valence-corrected chi connectivity index (χ1v) is 9.59. The summed E-state index contributed by atoms with van der Waals surface area (Å²) >= 11 is 0. The minimum atomic E-state index is -3.96. The van der Waals surface area contributed by atoms with Gasteiger partial charge < -0.3 is 14.8 Å². The lowest BCUT2D eigenvalue weighted by Crippen LogP contribution is -2.22. The van der Waals surface area contributed by atoms with Crippen molar-refractivity contribution in [3.8, 4) is 5.75 Å². The average Bonchev–Trinajstić information content (AvgIpc) is 2.61. The van der Waals surface area contributed by atoms with Gasteiger partial charge in [0.1, 0.15) is 5.75 Å². The number of aryl methyl sites for hydroxylation is 1. The third-order valence-corrected chi connectivity index (χ3v) is 4.46. The molecule has 0 saturated carbocycles. The van der Waals surface area contributed by atoms with Crippen LogP contribution in [0, 0.1) is 6.92 Å². The molecule has 0 radical (unpaired) electrons. The van der Waals surface area contributed by atoms with Crippen molar-refractivity contribution in [1.82, 2.24) is 0 Å². The Labute approximate surface area is 157 Å². The highest BCUT2D eigenvalue weighted by Gasteiger charge is 2.17. The van der Waals surface area contributed by atoms with Crippen LogP contribution >= 0.6 is 0 Å². The molecular formula is C18H20N2O6S. The number of ether oxygens (including phenoxy) is 2. The van der Waals surface area contributed by atoms with Crippen molar-refractivity contribution in [3.63, 3.8) is 0 Å². The quantitative estimate of drug-likeness (QED) is 0.693. The Bertz CT molecular complexity index is 956. The van der Waals surface area contributed by atoms with Gasteiger partial charge in [-0.1, -0.05) is 18.2 Å². The molecule has 0 saturated heterocycles. The highest BCUT2D eigenvalue weighted by atomic mass is 32.2. The Morgan fingerprint density at radius 2 is 1.85 bits per heavy atom. The summed E-state index contributed by atoms with van der Waals surface area (Å²) in [6.45, 7) is 3.32. The topological polar surface area (TPSA) is 125 Å². The monoisotopic (exact) mass is 392 g/mol. The number of sulfonamides is 1.